The van der Waals surface area contributed by atoms with Gasteiger partial charge in [0.05, 0.1) is 12.5 Å². The molecule has 5 heteroatoms. The predicted octanol–water partition coefficient (Wildman–Crippen LogP) is 1.87. The van der Waals surface area contributed by atoms with E-state index in [1.807, 2.05) is 12.1 Å². The van der Waals surface area contributed by atoms with Crippen LogP contribution in [0.15, 0.2) is 18.2 Å². The molecule has 0 aliphatic heterocycles. The van der Waals surface area contributed by atoms with Gasteiger partial charge in [-0.15, -0.1) is 10.2 Å². The number of nitrogen functional groups attached to an aromatic ring is 1. The van der Waals surface area contributed by atoms with Gasteiger partial charge in [-0.2, -0.15) is 0 Å². The highest BCUT2D eigenvalue weighted by Crippen LogP contribution is 2.31. The first-order valence-electron chi connectivity index (χ1n) is 3.98. The van der Waals surface area contributed by atoms with Crippen molar-refractivity contribution in [3.05, 3.63) is 23.4 Å². The van der Waals surface area contributed by atoms with Crippen LogP contribution in [0.1, 0.15) is 0 Å². The van der Waals surface area contributed by atoms with Crippen LogP contribution in [0.3, 0.4) is 0 Å². The van der Waals surface area contributed by atoms with Crippen LogP contribution < -0.4 is 10.5 Å². The molecule has 0 aliphatic rings. The maximum absolute atomic E-state index is 5.87. The van der Waals surface area contributed by atoms with Gasteiger partial charge in [0.2, 0.25) is 5.88 Å². The molecule has 2 aromatic rings. The summed E-state index contributed by atoms with van der Waals surface area (Å²) in [5.41, 5.74) is 6.37. The minimum atomic E-state index is 0.327. The SMILES string of the molecule is COc1nnc(Cl)c2cccc(N)c12. The van der Waals surface area contributed by atoms with Gasteiger partial charge in [-0.05, 0) is 6.07 Å². The fourth-order valence-electron chi connectivity index (χ4n) is 1.32. The van der Waals surface area contributed by atoms with E-state index in [0.29, 0.717) is 22.1 Å². The van der Waals surface area contributed by atoms with Crippen LogP contribution in [0.4, 0.5) is 5.69 Å². The molecule has 2 N–H and O–H groups in total. The number of fused-ring (bicyclic) bond motifs is 1. The van der Waals surface area contributed by atoms with E-state index in [2.05, 4.69) is 10.2 Å². The van der Waals surface area contributed by atoms with Crippen molar-refractivity contribution in [2.75, 3.05) is 12.8 Å². The van der Waals surface area contributed by atoms with Gasteiger partial charge in [0.25, 0.3) is 0 Å². The summed E-state index contributed by atoms with van der Waals surface area (Å²) in [6, 6.07) is 5.40. The molecule has 0 aliphatic carbocycles. The number of anilines is 1. The van der Waals surface area contributed by atoms with Crippen molar-refractivity contribution in [3.63, 3.8) is 0 Å². The second-order valence-corrected chi connectivity index (χ2v) is 3.13. The lowest BCUT2D eigenvalue weighted by molar-refractivity contribution is 0.398. The van der Waals surface area contributed by atoms with Crippen LogP contribution in [0, 0.1) is 0 Å². The van der Waals surface area contributed by atoms with Crippen LogP contribution in [0.2, 0.25) is 5.15 Å². The third-order valence-corrected chi connectivity index (χ3v) is 2.23. The normalized spacial score (nSPS) is 10.4. The van der Waals surface area contributed by atoms with Crippen molar-refractivity contribution in [1.82, 2.24) is 10.2 Å². The summed E-state index contributed by atoms with van der Waals surface area (Å²) in [6.45, 7) is 0. The van der Waals surface area contributed by atoms with E-state index in [4.69, 9.17) is 22.1 Å². The highest BCUT2D eigenvalue weighted by atomic mass is 35.5. The second-order valence-electron chi connectivity index (χ2n) is 2.77. The van der Waals surface area contributed by atoms with Crippen LogP contribution in [-0.4, -0.2) is 17.3 Å². The molecule has 0 fully saturated rings. The Morgan fingerprint density at radius 2 is 2.14 bits per heavy atom. The number of hydrogen-bond donors (Lipinski definition) is 1. The molecule has 1 heterocycles. The number of halogens is 1. The minimum absolute atomic E-state index is 0.327. The van der Waals surface area contributed by atoms with Gasteiger partial charge in [0, 0.05) is 11.1 Å². The number of rotatable bonds is 1. The predicted molar refractivity (Wildman–Crippen MR) is 55.5 cm³/mol. The Morgan fingerprint density at radius 1 is 1.36 bits per heavy atom. The molecule has 72 valence electrons. The van der Waals surface area contributed by atoms with Crippen molar-refractivity contribution >= 4 is 28.1 Å². The lowest BCUT2D eigenvalue weighted by Gasteiger charge is -2.06. The minimum Gasteiger partial charge on any atom is -0.479 e. The van der Waals surface area contributed by atoms with Gasteiger partial charge < -0.3 is 10.5 Å². The van der Waals surface area contributed by atoms with E-state index in [1.54, 1.807) is 6.07 Å². The Morgan fingerprint density at radius 3 is 2.86 bits per heavy atom. The first kappa shape index (κ1) is 9.02. The zero-order valence-electron chi connectivity index (χ0n) is 7.49. The molecule has 0 atom stereocenters. The third-order valence-electron chi connectivity index (χ3n) is 1.95. The summed E-state index contributed by atoms with van der Waals surface area (Å²) < 4.78 is 5.05. The number of benzene rings is 1. The van der Waals surface area contributed by atoms with Crippen molar-refractivity contribution in [2.45, 2.75) is 0 Å². The van der Waals surface area contributed by atoms with Gasteiger partial charge in [-0.3, -0.25) is 0 Å². The molecule has 0 saturated heterocycles. The Hall–Kier alpha value is -1.55. The molecule has 0 amide bonds. The first-order valence-corrected chi connectivity index (χ1v) is 4.36. The second kappa shape index (κ2) is 3.31. The number of hydrogen-bond acceptors (Lipinski definition) is 4. The molecule has 0 spiro atoms. The van der Waals surface area contributed by atoms with E-state index in [9.17, 15) is 0 Å². The lowest BCUT2D eigenvalue weighted by atomic mass is 10.1. The maximum atomic E-state index is 5.87. The average molecular weight is 210 g/mol. The Kier molecular flexibility index (Phi) is 2.13. The molecule has 0 saturated carbocycles. The van der Waals surface area contributed by atoms with Gasteiger partial charge in [0.1, 0.15) is 0 Å². The number of nitrogens with two attached hydrogens (primary N) is 1. The summed E-state index contributed by atoms with van der Waals surface area (Å²) in [6.07, 6.45) is 0. The molecule has 4 nitrogen and oxygen atoms in total. The zero-order valence-corrected chi connectivity index (χ0v) is 8.25. The molecular weight excluding hydrogens is 202 g/mol. The van der Waals surface area contributed by atoms with Crippen LogP contribution >= 0.6 is 11.6 Å². The van der Waals surface area contributed by atoms with Crippen LogP contribution in [0.5, 0.6) is 5.88 Å². The molecule has 0 unspecified atom stereocenters. The largest absolute Gasteiger partial charge is 0.479 e. The van der Waals surface area contributed by atoms with Crippen molar-refractivity contribution in [2.24, 2.45) is 0 Å². The fourth-order valence-corrected chi connectivity index (χ4v) is 1.51. The zero-order chi connectivity index (χ0) is 10.1. The van der Waals surface area contributed by atoms with Crippen molar-refractivity contribution < 1.29 is 4.74 Å². The first-order chi connectivity index (χ1) is 6.74. The van der Waals surface area contributed by atoms with E-state index in [-0.39, 0.29) is 0 Å². The third kappa shape index (κ3) is 1.24. The number of nitrogens with zero attached hydrogens (tertiary/aromatic N) is 2. The van der Waals surface area contributed by atoms with E-state index in [0.717, 1.165) is 5.39 Å². The summed E-state index contributed by atoms with van der Waals surface area (Å²) >= 11 is 5.87. The Balaban J connectivity index is 2.92. The topological polar surface area (TPSA) is 61.0 Å². The molecule has 2 rings (SSSR count). The van der Waals surface area contributed by atoms with Crippen molar-refractivity contribution in [1.29, 1.82) is 0 Å². The van der Waals surface area contributed by atoms with E-state index >= 15 is 0 Å². The monoisotopic (exact) mass is 209 g/mol. The highest BCUT2D eigenvalue weighted by molar-refractivity contribution is 6.34. The maximum Gasteiger partial charge on any atom is 0.243 e. The summed E-state index contributed by atoms with van der Waals surface area (Å²) in [5.74, 6) is 0.391. The number of ether oxygens (including phenoxy) is 1. The van der Waals surface area contributed by atoms with Gasteiger partial charge >= 0.3 is 0 Å². The van der Waals surface area contributed by atoms with E-state index in [1.165, 1.54) is 7.11 Å². The fraction of sp³-hybridized carbons (Fsp3) is 0.111. The van der Waals surface area contributed by atoms with Crippen LogP contribution in [0.25, 0.3) is 10.8 Å². The quantitative estimate of drug-likeness (QED) is 0.729. The molecule has 1 aromatic heterocycles. The van der Waals surface area contributed by atoms with Gasteiger partial charge in [0.15, 0.2) is 5.15 Å². The molecule has 0 radical (unpaired) electrons. The van der Waals surface area contributed by atoms with Crippen LogP contribution in [-0.2, 0) is 0 Å². The summed E-state index contributed by atoms with van der Waals surface area (Å²) in [5, 5.41) is 9.33. The average Bonchev–Trinajstić information content (AvgIpc) is 2.20. The van der Waals surface area contributed by atoms with Gasteiger partial charge in [-0.1, -0.05) is 23.7 Å². The summed E-state index contributed by atoms with van der Waals surface area (Å²) in [7, 11) is 1.52. The Bertz CT molecular complexity index is 487. The number of methoxy groups -OCH3 is 1. The molecule has 0 bridgehead atoms. The smallest absolute Gasteiger partial charge is 0.243 e. The van der Waals surface area contributed by atoms with Gasteiger partial charge in [-0.25, -0.2) is 0 Å². The summed E-state index contributed by atoms with van der Waals surface area (Å²) in [4.78, 5) is 0. The standard InChI is InChI=1S/C9H8ClN3O/c1-14-9-7-5(8(10)12-13-9)3-2-4-6(7)11/h2-4H,11H2,1H3. The molecular formula is C9H8ClN3O. The Labute approximate surface area is 85.6 Å². The molecule has 14 heavy (non-hydrogen) atoms. The van der Waals surface area contributed by atoms with Crippen molar-refractivity contribution in [3.8, 4) is 5.88 Å². The number of aromatic nitrogens is 2. The highest BCUT2D eigenvalue weighted by Gasteiger charge is 2.10. The van der Waals surface area contributed by atoms with E-state index < -0.39 is 0 Å². The molecule has 1 aromatic carbocycles. The lowest BCUT2D eigenvalue weighted by Crippen LogP contribution is -1.96.